The lowest BCUT2D eigenvalue weighted by molar-refractivity contribution is -0.0556. The molecule has 0 aliphatic carbocycles. The van der Waals surface area contributed by atoms with E-state index in [1.807, 2.05) is 22.6 Å². The van der Waals surface area contributed by atoms with Crippen LogP contribution in [-0.4, -0.2) is 34.8 Å². The van der Waals surface area contributed by atoms with Crippen LogP contribution in [0.4, 0.5) is 10.1 Å². The monoisotopic (exact) mass is 485 g/mol. The molecular weight excluding hydrogens is 468 g/mol. The summed E-state index contributed by atoms with van der Waals surface area (Å²) >= 11 is 2.01. The molecule has 1 amide bonds. The van der Waals surface area contributed by atoms with E-state index >= 15 is 0 Å². The van der Waals surface area contributed by atoms with E-state index in [0.29, 0.717) is 11.0 Å². The molecule has 0 bridgehead atoms. The average Bonchev–Trinajstić information content (AvgIpc) is 3.05. The number of carbonyl (C=O) groups excluding carboxylic acids is 1. The highest BCUT2D eigenvalue weighted by Gasteiger charge is 2.22. The first-order valence-electron chi connectivity index (χ1n) is 8.01. The molecule has 142 valence electrons. The van der Waals surface area contributed by atoms with Crippen molar-refractivity contribution < 1.29 is 23.5 Å². The number of nitrogens with zero attached hydrogens (tertiary/aromatic N) is 1. The Hall–Kier alpha value is -2.24. The Kier molecular flexibility index (Phi) is 5.92. The van der Waals surface area contributed by atoms with Crippen molar-refractivity contribution in [2.24, 2.45) is 0 Å². The van der Waals surface area contributed by atoms with Gasteiger partial charge in [-0.15, -0.1) is 0 Å². The van der Waals surface area contributed by atoms with Crippen molar-refractivity contribution in [1.29, 1.82) is 0 Å². The van der Waals surface area contributed by atoms with Crippen LogP contribution in [0.1, 0.15) is 17.5 Å². The zero-order valence-corrected chi connectivity index (χ0v) is 16.5. The Morgan fingerprint density at radius 2 is 2.22 bits per heavy atom. The van der Waals surface area contributed by atoms with E-state index in [1.165, 1.54) is 13.0 Å². The Morgan fingerprint density at radius 3 is 2.96 bits per heavy atom. The number of aliphatic hydroxyl groups is 1. The summed E-state index contributed by atoms with van der Waals surface area (Å²) in [6.45, 7) is 1.32. The standard InChI is InChI=1S/C18H17FIN3O4/c1-18(25,9-22-14-3-2-12(20)7-13(14)19)10-26-23-17(24)16-6-11-8-21-5-4-15(11)27-16/h2-8,22,25H,9-10H2,1H3,(H,23,24). The second-order valence-corrected chi connectivity index (χ2v) is 7.46. The molecule has 2 heterocycles. The fraction of sp³-hybridized carbons (Fsp3) is 0.222. The van der Waals surface area contributed by atoms with Gasteiger partial charge in [-0.2, -0.15) is 0 Å². The van der Waals surface area contributed by atoms with Gasteiger partial charge < -0.3 is 14.8 Å². The summed E-state index contributed by atoms with van der Waals surface area (Å²) < 4.78 is 20.0. The van der Waals surface area contributed by atoms with Gasteiger partial charge in [-0.25, -0.2) is 9.87 Å². The molecule has 2 aromatic heterocycles. The number of hydroxylamine groups is 1. The van der Waals surface area contributed by atoms with Crippen molar-refractivity contribution in [1.82, 2.24) is 10.5 Å². The summed E-state index contributed by atoms with van der Waals surface area (Å²) in [4.78, 5) is 21.1. The van der Waals surface area contributed by atoms with Crippen LogP contribution in [0.25, 0.3) is 11.0 Å². The number of benzene rings is 1. The van der Waals surface area contributed by atoms with E-state index in [0.717, 1.165) is 3.57 Å². The topological polar surface area (TPSA) is 96.6 Å². The smallest absolute Gasteiger partial charge is 0.310 e. The number of amides is 1. The molecule has 0 saturated heterocycles. The third kappa shape index (κ3) is 5.15. The summed E-state index contributed by atoms with van der Waals surface area (Å²) in [5.74, 6) is -0.929. The molecule has 1 unspecified atom stereocenters. The van der Waals surface area contributed by atoms with Gasteiger partial charge in [-0.05, 0) is 59.8 Å². The van der Waals surface area contributed by atoms with Crippen molar-refractivity contribution in [2.75, 3.05) is 18.5 Å². The molecule has 0 saturated carbocycles. The van der Waals surface area contributed by atoms with Gasteiger partial charge in [0.2, 0.25) is 0 Å². The fourth-order valence-corrected chi connectivity index (χ4v) is 2.73. The molecule has 1 aromatic carbocycles. The summed E-state index contributed by atoms with van der Waals surface area (Å²) in [5.41, 5.74) is 1.68. The first-order chi connectivity index (χ1) is 12.8. The van der Waals surface area contributed by atoms with Crippen LogP contribution >= 0.6 is 22.6 Å². The maximum absolute atomic E-state index is 13.8. The predicted molar refractivity (Wildman–Crippen MR) is 106 cm³/mol. The van der Waals surface area contributed by atoms with Crippen molar-refractivity contribution in [3.63, 3.8) is 0 Å². The molecule has 0 aliphatic heterocycles. The van der Waals surface area contributed by atoms with Crippen molar-refractivity contribution >= 4 is 45.2 Å². The summed E-state index contributed by atoms with van der Waals surface area (Å²) in [6, 6.07) is 7.91. The number of nitrogens with one attached hydrogen (secondary N) is 2. The highest BCUT2D eigenvalue weighted by molar-refractivity contribution is 14.1. The molecule has 3 aromatic rings. The maximum Gasteiger partial charge on any atom is 0.310 e. The molecule has 3 N–H and O–H groups in total. The Morgan fingerprint density at radius 1 is 1.41 bits per heavy atom. The molecule has 0 fully saturated rings. The first kappa shape index (κ1) is 19.5. The second kappa shape index (κ2) is 8.19. The number of hydrogen-bond acceptors (Lipinski definition) is 6. The van der Waals surface area contributed by atoms with E-state index in [-0.39, 0.29) is 24.6 Å². The number of rotatable bonds is 7. The molecule has 9 heteroatoms. The maximum atomic E-state index is 13.8. The van der Waals surface area contributed by atoms with E-state index in [1.54, 1.807) is 36.7 Å². The SMILES string of the molecule is CC(O)(CNc1ccc(I)cc1F)CONC(=O)c1cc2cnccc2o1. The molecule has 0 radical (unpaired) electrons. The van der Waals surface area contributed by atoms with Gasteiger partial charge in [0.25, 0.3) is 0 Å². The molecule has 1 atom stereocenters. The van der Waals surface area contributed by atoms with Gasteiger partial charge in [0, 0.05) is 27.9 Å². The van der Waals surface area contributed by atoms with Crippen molar-refractivity contribution in [2.45, 2.75) is 12.5 Å². The Balaban J connectivity index is 1.50. The largest absolute Gasteiger partial charge is 0.451 e. The molecule has 3 rings (SSSR count). The number of fused-ring (bicyclic) bond motifs is 1. The van der Waals surface area contributed by atoms with Crippen LogP contribution in [0, 0.1) is 9.39 Å². The van der Waals surface area contributed by atoms with Crippen LogP contribution in [0.5, 0.6) is 0 Å². The van der Waals surface area contributed by atoms with Gasteiger partial charge in [-0.1, -0.05) is 0 Å². The highest BCUT2D eigenvalue weighted by Crippen LogP contribution is 2.19. The Labute approximate surface area is 168 Å². The minimum Gasteiger partial charge on any atom is -0.451 e. The molecule has 0 spiro atoms. The van der Waals surface area contributed by atoms with Crippen LogP contribution in [0.3, 0.4) is 0 Å². The zero-order valence-electron chi connectivity index (χ0n) is 14.3. The van der Waals surface area contributed by atoms with Gasteiger partial charge in [0.1, 0.15) is 23.6 Å². The van der Waals surface area contributed by atoms with E-state index < -0.39 is 17.3 Å². The number of furan rings is 1. The lowest BCUT2D eigenvalue weighted by atomic mass is 10.1. The molecule has 7 nitrogen and oxygen atoms in total. The van der Waals surface area contributed by atoms with E-state index in [9.17, 15) is 14.3 Å². The van der Waals surface area contributed by atoms with Crippen LogP contribution < -0.4 is 10.8 Å². The lowest BCUT2D eigenvalue weighted by Crippen LogP contribution is -2.41. The lowest BCUT2D eigenvalue weighted by Gasteiger charge is -2.23. The number of pyridine rings is 1. The molecular formula is C18H17FIN3O4. The number of carbonyl (C=O) groups is 1. The van der Waals surface area contributed by atoms with Crippen LogP contribution in [0.2, 0.25) is 0 Å². The van der Waals surface area contributed by atoms with Gasteiger partial charge in [-0.3, -0.25) is 14.6 Å². The highest BCUT2D eigenvalue weighted by atomic mass is 127. The molecule has 0 aliphatic rings. The zero-order chi connectivity index (χ0) is 19.4. The summed E-state index contributed by atoms with van der Waals surface area (Å²) in [5, 5.41) is 13.8. The summed E-state index contributed by atoms with van der Waals surface area (Å²) in [6.07, 6.45) is 3.14. The second-order valence-electron chi connectivity index (χ2n) is 6.22. The van der Waals surface area contributed by atoms with Gasteiger partial charge in [0.05, 0.1) is 5.69 Å². The van der Waals surface area contributed by atoms with E-state index in [4.69, 9.17) is 9.25 Å². The minimum atomic E-state index is -1.35. The number of anilines is 1. The number of halogens is 2. The summed E-state index contributed by atoms with van der Waals surface area (Å²) in [7, 11) is 0. The number of aromatic nitrogens is 1. The Bertz CT molecular complexity index is 928. The van der Waals surface area contributed by atoms with Crippen LogP contribution in [0.15, 0.2) is 47.1 Å². The molecule has 27 heavy (non-hydrogen) atoms. The third-order valence-corrected chi connectivity index (χ3v) is 4.35. The average molecular weight is 485 g/mol. The van der Waals surface area contributed by atoms with Gasteiger partial charge in [0.15, 0.2) is 5.76 Å². The quantitative estimate of drug-likeness (QED) is 0.352. The third-order valence-electron chi connectivity index (χ3n) is 3.68. The van der Waals surface area contributed by atoms with Gasteiger partial charge >= 0.3 is 5.91 Å². The number of hydrogen-bond donors (Lipinski definition) is 3. The van der Waals surface area contributed by atoms with E-state index in [2.05, 4.69) is 15.8 Å². The van der Waals surface area contributed by atoms with Crippen molar-refractivity contribution in [3.05, 3.63) is 57.9 Å². The predicted octanol–water partition coefficient (Wildman–Crippen LogP) is 3.10. The normalized spacial score (nSPS) is 13.3. The first-order valence-corrected chi connectivity index (χ1v) is 9.09. The van der Waals surface area contributed by atoms with Crippen LogP contribution in [-0.2, 0) is 4.84 Å². The van der Waals surface area contributed by atoms with Crippen molar-refractivity contribution in [3.8, 4) is 0 Å². The minimum absolute atomic E-state index is 0.0245. The fourth-order valence-electron chi connectivity index (χ4n) is 2.27.